The summed E-state index contributed by atoms with van der Waals surface area (Å²) in [6, 6.07) is 0. The summed E-state index contributed by atoms with van der Waals surface area (Å²) in [6.45, 7) is 9.15. The molecule has 0 bridgehead atoms. The number of aromatic nitrogens is 1. The van der Waals surface area contributed by atoms with E-state index in [1.807, 2.05) is 11.3 Å². The van der Waals surface area contributed by atoms with Gasteiger partial charge in [0.15, 0.2) is 0 Å². The number of nitrogens with zero attached hydrogens (tertiary/aromatic N) is 1. The predicted molar refractivity (Wildman–Crippen MR) is 82.7 cm³/mol. The van der Waals surface area contributed by atoms with Crippen molar-refractivity contribution in [3.63, 3.8) is 0 Å². The molecule has 18 heavy (non-hydrogen) atoms. The fourth-order valence-corrected chi connectivity index (χ4v) is 6.02. The van der Waals surface area contributed by atoms with Gasteiger partial charge in [-0.1, -0.05) is 20.8 Å². The zero-order valence-electron chi connectivity index (χ0n) is 12.1. The number of thiazole rings is 1. The van der Waals surface area contributed by atoms with Gasteiger partial charge >= 0.3 is 0 Å². The van der Waals surface area contributed by atoms with Crippen LogP contribution < -0.4 is 5.32 Å². The predicted octanol–water partition coefficient (Wildman–Crippen LogP) is 3.59. The van der Waals surface area contributed by atoms with Crippen LogP contribution in [0, 0.1) is 12.3 Å². The summed E-state index contributed by atoms with van der Waals surface area (Å²) in [5, 5.41) is 4.90. The van der Waals surface area contributed by atoms with Gasteiger partial charge in [-0.15, -0.1) is 11.3 Å². The van der Waals surface area contributed by atoms with Crippen LogP contribution in [0.2, 0.25) is 0 Å². The van der Waals surface area contributed by atoms with Crippen molar-refractivity contribution in [1.82, 2.24) is 10.3 Å². The Kier molecular flexibility index (Phi) is 4.10. The molecule has 102 valence electrons. The van der Waals surface area contributed by atoms with Crippen LogP contribution in [0.5, 0.6) is 0 Å². The second-order valence-corrected chi connectivity index (χ2v) is 8.03. The SMILES string of the molecule is CCc1nc(C2(NC)CSCCC2(C)C)sc1C. The summed E-state index contributed by atoms with van der Waals surface area (Å²) in [6.07, 6.45) is 2.29. The first kappa shape index (κ1) is 14.4. The Hall–Kier alpha value is -0.0600. The molecule has 4 heteroatoms. The average molecular weight is 284 g/mol. The van der Waals surface area contributed by atoms with Crippen LogP contribution in [-0.2, 0) is 12.0 Å². The lowest BCUT2D eigenvalue weighted by molar-refractivity contribution is 0.138. The highest BCUT2D eigenvalue weighted by atomic mass is 32.2. The molecule has 1 saturated heterocycles. The highest BCUT2D eigenvalue weighted by molar-refractivity contribution is 7.99. The number of rotatable bonds is 3. The molecule has 1 aliphatic rings. The molecule has 1 unspecified atom stereocenters. The zero-order chi connectivity index (χ0) is 13.4. The molecule has 0 amide bonds. The highest BCUT2D eigenvalue weighted by Crippen LogP contribution is 2.49. The topological polar surface area (TPSA) is 24.9 Å². The van der Waals surface area contributed by atoms with Gasteiger partial charge in [0.25, 0.3) is 0 Å². The van der Waals surface area contributed by atoms with Crippen molar-refractivity contribution >= 4 is 23.1 Å². The third kappa shape index (κ3) is 2.12. The standard InChI is InChI=1S/C14H24N2S2/c1-6-11-10(2)18-12(16-11)14(15-5)9-17-8-7-13(14,3)4/h15H,6-9H2,1-5H3. The van der Waals surface area contributed by atoms with Crippen LogP contribution in [0.3, 0.4) is 0 Å². The van der Waals surface area contributed by atoms with Crippen molar-refractivity contribution in [3.8, 4) is 0 Å². The Labute approximate surface area is 119 Å². The van der Waals surface area contributed by atoms with Crippen LogP contribution in [0.1, 0.15) is 42.8 Å². The maximum atomic E-state index is 4.93. The largest absolute Gasteiger partial charge is 0.307 e. The van der Waals surface area contributed by atoms with Gasteiger partial charge in [-0.05, 0) is 38.0 Å². The highest BCUT2D eigenvalue weighted by Gasteiger charge is 2.49. The van der Waals surface area contributed by atoms with Gasteiger partial charge in [0.1, 0.15) is 5.01 Å². The summed E-state index contributed by atoms with van der Waals surface area (Å²) in [5.41, 5.74) is 1.58. The van der Waals surface area contributed by atoms with Crippen molar-refractivity contribution in [2.24, 2.45) is 5.41 Å². The lowest BCUT2D eigenvalue weighted by Gasteiger charge is -2.48. The van der Waals surface area contributed by atoms with E-state index in [-0.39, 0.29) is 11.0 Å². The minimum absolute atomic E-state index is 0.0404. The third-order valence-electron chi connectivity index (χ3n) is 4.36. The van der Waals surface area contributed by atoms with Crippen LogP contribution in [-0.4, -0.2) is 23.5 Å². The summed E-state index contributed by atoms with van der Waals surface area (Å²) >= 11 is 3.93. The molecule has 1 N–H and O–H groups in total. The lowest BCUT2D eigenvalue weighted by Crippen LogP contribution is -2.56. The molecule has 0 spiro atoms. The Balaban J connectivity index is 2.47. The Morgan fingerprint density at radius 1 is 1.39 bits per heavy atom. The number of nitrogens with one attached hydrogen (secondary N) is 1. The van der Waals surface area contributed by atoms with Crippen molar-refractivity contribution in [2.45, 2.75) is 46.1 Å². The molecule has 2 heterocycles. The molecular formula is C14H24N2S2. The number of hydrogen-bond acceptors (Lipinski definition) is 4. The first-order valence-corrected chi connectivity index (χ1v) is 8.67. The van der Waals surface area contributed by atoms with E-state index in [1.165, 1.54) is 27.8 Å². The van der Waals surface area contributed by atoms with Gasteiger partial charge in [0.05, 0.1) is 11.2 Å². The Morgan fingerprint density at radius 2 is 2.11 bits per heavy atom. The minimum atomic E-state index is 0.0404. The molecule has 1 fully saturated rings. The van der Waals surface area contributed by atoms with Crippen molar-refractivity contribution in [2.75, 3.05) is 18.6 Å². The van der Waals surface area contributed by atoms with E-state index in [4.69, 9.17) is 4.98 Å². The summed E-state index contributed by atoms with van der Waals surface area (Å²) in [5.74, 6) is 2.40. The maximum absolute atomic E-state index is 4.93. The normalized spacial score (nSPS) is 27.4. The van der Waals surface area contributed by atoms with Crippen LogP contribution in [0.15, 0.2) is 0 Å². The van der Waals surface area contributed by atoms with E-state index in [9.17, 15) is 0 Å². The summed E-state index contributed by atoms with van der Waals surface area (Å²) < 4.78 is 0. The number of thioether (sulfide) groups is 1. The van der Waals surface area contributed by atoms with Gasteiger partial charge in [-0.25, -0.2) is 4.98 Å². The lowest BCUT2D eigenvalue weighted by atomic mass is 9.71. The molecule has 2 rings (SSSR count). The molecule has 0 radical (unpaired) electrons. The molecule has 1 aliphatic heterocycles. The molecule has 0 aromatic carbocycles. The zero-order valence-corrected chi connectivity index (χ0v) is 13.7. The van der Waals surface area contributed by atoms with Gasteiger partial charge in [-0.3, -0.25) is 0 Å². The summed E-state index contributed by atoms with van der Waals surface area (Å²) in [7, 11) is 2.09. The van der Waals surface area contributed by atoms with Crippen molar-refractivity contribution in [3.05, 3.63) is 15.6 Å². The maximum Gasteiger partial charge on any atom is 0.115 e. The molecule has 1 aromatic heterocycles. The molecule has 2 nitrogen and oxygen atoms in total. The van der Waals surface area contributed by atoms with Gasteiger partial charge in [-0.2, -0.15) is 11.8 Å². The first-order valence-electron chi connectivity index (χ1n) is 6.70. The van der Waals surface area contributed by atoms with Gasteiger partial charge in [0.2, 0.25) is 0 Å². The van der Waals surface area contributed by atoms with E-state index >= 15 is 0 Å². The monoisotopic (exact) mass is 284 g/mol. The van der Waals surface area contributed by atoms with Gasteiger partial charge in [0, 0.05) is 10.6 Å². The van der Waals surface area contributed by atoms with E-state index in [2.05, 4.69) is 51.8 Å². The fourth-order valence-electron chi connectivity index (χ4n) is 2.77. The molecule has 0 aliphatic carbocycles. The van der Waals surface area contributed by atoms with Gasteiger partial charge < -0.3 is 5.32 Å². The van der Waals surface area contributed by atoms with E-state index in [0.717, 1.165) is 12.2 Å². The summed E-state index contributed by atoms with van der Waals surface area (Å²) in [4.78, 5) is 6.32. The molecular weight excluding hydrogens is 260 g/mol. The molecule has 0 saturated carbocycles. The smallest absolute Gasteiger partial charge is 0.115 e. The molecule has 1 atom stereocenters. The molecule has 1 aromatic rings. The van der Waals surface area contributed by atoms with E-state index < -0.39 is 0 Å². The van der Waals surface area contributed by atoms with E-state index in [1.54, 1.807) is 0 Å². The van der Waals surface area contributed by atoms with Crippen molar-refractivity contribution < 1.29 is 0 Å². The quantitative estimate of drug-likeness (QED) is 0.918. The Bertz CT molecular complexity index is 425. The van der Waals surface area contributed by atoms with Crippen molar-refractivity contribution in [1.29, 1.82) is 0 Å². The van der Waals surface area contributed by atoms with Crippen LogP contribution in [0.25, 0.3) is 0 Å². The second-order valence-electron chi connectivity index (χ2n) is 5.72. The average Bonchev–Trinajstić information content (AvgIpc) is 2.70. The third-order valence-corrected chi connectivity index (χ3v) is 6.67. The first-order chi connectivity index (χ1) is 8.47. The fraction of sp³-hybridized carbons (Fsp3) is 0.786. The van der Waals surface area contributed by atoms with Crippen LogP contribution in [0.4, 0.5) is 0 Å². The number of aryl methyl sites for hydroxylation is 2. The second kappa shape index (κ2) is 5.14. The Morgan fingerprint density at radius 3 is 2.61 bits per heavy atom. The van der Waals surface area contributed by atoms with Crippen LogP contribution >= 0.6 is 23.1 Å². The minimum Gasteiger partial charge on any atom is -0.307 e. The van der Waals surface area contributed by atoms with E-state index in [0.29, 0.717) is 0 Å². The number of hydrogen-bond donors (Lipinski definition) is 1.